The summed E-state index contributed by atoms with van der Waals surface area (Å²) in [5.41, 5.74) is 4.84. The van der Waals surface area contributed by atoms with Crippen molar-refractivity contribution in [2.45, 2.75) is 50.9 Å². The van der Waals surface area contributed by atoms with Crippen LogP contribution in [0.15, 0.2) is 24.4 Å². The van der Waals surface area contributed by atoms with Crippen molar-refractivity contribution < 1.29 is 0 Å². The van der Waals surface area contributed by atoms with Crippen LogP contribution in [0.5, 0.6) is 0 Å². The van der Waals surface area contributed by atoms with E-state index >= 15 is 0 Å². The van der Waals surface area contributed by atoms with E-state index in [9.17, 15) is 0 Å². The Bertz CT molecular complexity index is 605. The molecule has 1 heteroatoms. The fourth-order valence-corrected chi connectivity index (χ4v) is 4.61. The maximum absolute atomic E-state index is 3.49. The van der Waals surface area contributed by atoms with Crippen molar-refractivity contribution in [3.63, 3.8) is 0 Å². The lowest BCUT2D eigenvalue weighted by Crippen LogP contribution is -2.38. The molecule has 94 valence electrons. The Morgan fingerprint density at radius 1 is 1.17 bits per heavy atom. The molecule has 0 spiro atoms. The van der Waals surface area contributed by atoms with Gasteiger partial charge >= 0.3 is 0 Å². The van der Waals surface area contributed by atoms with E-state index in [2.05, 4.69) is 43.2 Å². The molecule has 1 N–H and O–H groups in total. The largest absolute Gasteiger partial charge is 0.361 e. The van der Waals surface area contributed by atoms with Gasteiger partial charge in [-0.1, -0.05) is 38.8 Å². The van der Waals surface area contributed by atoms with Gasteiger partial charge < -0.3 is 4.98 Å². The topological polar surface area (TPSA) is 15.8 Å². The van der Waals surface area contributed by atoms with Gasteiger partial charge in [-0.25, -0.2) is 0 Å². The second-order valence-electron chi connectivity index (χ2n) is 6.69. The molecule has 1 aromatic carbocycles. The molecule has 0 unspecified atom stereocenters. The summed E-state index contributed by atoms with van der Waals surface area (Å²) < 4.78 is 0. The van der Waals surface area contributed by atoms with Gasteiger partial charge in [0.2, 0.25) is 0 Å². The zero-order valence-corrected chi connectivity index (χ0v) is 11.3. The van der Waals surface area contributed by atoms with Crippen LogP contribution in [0.3, 0.4) is 0 Å². The summed E-state index contributed by atoms with van der Waals surface area (Å²) in [6, 6.07) is 6.79. The van der Waals surface area contributed by atoms with Crippen LogP contribution in [0.4, 0.5) is 0 Å². The van der Waals surface area contributed by atoms with Crippen LogP contribution in [0.2, 0.25) is 0 Å². The third-order valence-electron chi connectivity index (χ3n) is 5.52. The first-order valence-corrected chi connectivity index (χ1v) is 7.30. The highest BCUT2D eigenvalue weighted by Gasteiger charge is 2.44. The van der Waals surface area contributed by atoms with Gasteiger partial charge in [0.25, 0.3) is 0 Å². The van der Waals surface area contributed by atoms with E-state index < -0.39 is 0 Å². The molecule has 4 rings (SSSR count). The quantitative estimate of drug-likeness (QED) is 0.684. The van der Waals surface area contributed by atoms with Crippen LogP contribution < -0.4 is 0 Å². The lowest BCUT2D eigenvalue weighted by Gasteiger charge is -2.46. The summed E-state index contributed by atoms with van der Waals surface area (Å²) in [4.78, 5) is 3.49. The van der Waals surface area contributed by atoms with E-state index in [4.69, 9.17) is 0 Å². The minimum Gasteiger partial charge on any atom is -0.361 e. The Morgan fingerprint density at radius 3 is 2.89 bits per heavy atom. The summed E-state index contributed by atoms with van der Waals surface area (Å²) in [5.74, 6) is 1.62. The molecule has 1 saturated carbocycles. The van der Waals surface area contributed by atoms with E-state index in [1.54, 1.807) is 11.1 Å². The number of H-pyrrole nitrogens is 1. The zero-order chi connectivity index (χ0) is 12.3. The highest BCUT2D eigenvalue weighted by atomic mass is 14.7. The first-order chi connectivity index (χ1) is 8.69. The molecule has 2 atom stereocenters. The lowest BCUT2D eigenvalue weighted by molar-refractivity contribution is 0.196. The molecule has 1 heterocycles. The Balaban J connectivity index is 2.06. The normalized spacial score (nSPS) is 29.2. The Kier molecular flexibility index (Phi) is 2.02. The fourth-order valence-electron chi connectivity index (χ4n) is 4.61. The maximum atomic E-state index is 3.49. The minimum atomic E-state index is 0.333. The number of hydrogen-bond donors (Lipinski definition) is 1. The number of nitrogens with one attached hydrogen (secondary N) is 1. The highest BCUT2D eigenvalue weighted by Crippen LogP contribution is 2.55. The number of hydrogen-bond acceptors (Lipinski definition) is 0. The van der Waals surface area contributed by atoms with Crippen LogP contribution in [0.25, 0.3) is 10.9 Å². The lowest BCUT2D eigenvalue weighted by atomic mass is 9.57. The van der Waals surface area contributed by atoms with Crippen molar-refractivity contribution in [1.82, 2.24) is 4.98 Å². The summed E-state index contributed by atoms with van der Waals surface area (Å²) in [6.07, 6.45) is 7.90. The average Bonchev–Trinajstić information content (AvgIpc) is 2.81. The summed E-state index contributed by atoms with van der Waals surface area (Å²) >= 11 is 0. The first kappa shape index (κ1) is 10.7. The number of benzene rings is 1. The molecule has 2 aliphatic rings. The van der Waals surface area contributed by atoms with E-state index in [0.717, 1.165) is 11.8 Å². The molecule has 1 nitrogen and oxygen atoms in total. The van der Waals surface area contributed by atoms with E-state index in [1.165, 1.54) is 36.6 Å². The molecule has 1 fully saturated rings. The molecule has 0 radical (unpaired) electrons. The summed E-state index contributed by atoms with van der Waals surface area (Å²) in [5, 5.41) is 1.53. The monoisotopic (exact) mass is 239 g/mol. The fraction of sp³-hybridized carbons (Fsp3) is 0.529. The second kappa shape index (κ2) is 3.40. The molecule has 0 bridgehead atoms. The van der Waals surface area contributed by atoms with E-state index in [1.807, 2.05) is 0 Å². The van der Waals surface area contributed by atoms with Gasteiger partial charge in [-0.3, -0.25) is 0 Å². The third-order valence-corrected chi connectivity index (χ3v) is 5.52. The van der Waals surface area contributed by atoms with Gasteiger partial charge in [-0.15, -0.1) is 0 Å². The average molecular weight is 239 g/mol. The summed E-state index contributed by atoms with van der Waals surface area (Å²) in [7, 11) is 0. The standard InChI is InChI=1S/C17H21N/c1-17(2)13-7-4-3-6-11(13)12-10-18-15-9-5-8-14(17)16(12)15/h5,8-11,13,18H,3-4,6-7H2,1-2H3/t11-,13-/m0/s1. The van der Waals surface area contributed by atoms with Crippen LogP contribution in [0, 0.1) is 5.92 Å². The summed E-state index contributed by atoms with van der Waals surface area (Å²) in [6.45, 7) is 4.92. The highest BCUT2D eigenvalue weighted by molar-refractivity contribution is 5.89. The third kappa shape index (κ3) is 1.18. The zero-order valence-electron chi connectivity index (χ0n) is 11.3. The number of aromatic amines is 1. The molecule has 2 aliphatic carbocycles. The van der Waals surface area contributed by atoms with E-state index in [-0.39, 0.29) is 0 Å². The van der Waals surface area contributed by atoms with E-state index in [0.29, 0.717) is 5.41 Å². The molecule has 0 aliphatic heterocycles. The van der Waals surface area contributed by atoms with Crippen molar-refractivity contribution >= 4 is 10.9 Å². The Hall–Kier alpha value is -1.24. The van der Waals surface area contributed by atoms with Gasteiger partial charge in [-0.2, -0.15) is 0 Å². The molecule has 2 aromatic rings. The van der Waals surface area contributed by atoms with Gasteiger partial charge in [-0.05, 0) is 47.3 Å². The second-order valence-corrected chi connectivity index (χ2v) is 6.69. The van der Waals surface area contributed by atoms with Crippen molar-refractivity contribution in [3.05, 3.63) is 35.5 Å². The Labute approximate surface area is 109 Å². The van der Waals surface area contributed by atoms with Crippen LogP contribution >= 0.6 is 0 Å². The van der Waals surface area contributed by atoms with Gasteiger partial charge in [0.05, 0.1) is 0 Å². The Morgan fingerprint density at radius 2 is 2.00 bits per heavy atom. The number of fused-ring (bicyclic) bond motifs is 2. The van der Waals surface area contributed by atoms with Gasteiger partial charge in [0, 0.05) is 17.1 Å². The molecule has 0 saturated heterocycles. The predicted molar refractivity (Wildman–Crippen MR) is 76.0 cm³/mol. The maximum Gasteiger partial charge on any atom is 0.0459 e. The SMILES string of the molecule is CC1(C)c2cccc3[nH]cc(c23)[C@@H]2CCCC[C@@H]21. The molecule has 18 heavy (non-hydrogen) atoms. The minimum absolute atomic E-state index is 0.333. The van der Waals surface area contributed by atoms with Crippen LogP contribution in [0.1, 0.15) is 56.6 Å². The molecular formula is C17H21N. The molecule has 0 amide bonds. The smallest absolute Gasteiger partial charge is 0.0459 e. The van der Waals surface area contributed by atoms with Crippen molar-refractivity contribution in [2.75, 3.05) is 0 Å². The van der Waals surface area contributed by atoms with Crippen molar-refractivity contribution in [2.24, 2.45) is 5.92 Å². The van der Waals surface area contributed by atoms with Crippen molar-refractivity contribution in [3.8, 4) is 0 Å². The van der Waals surface area contributed by atoms with Gasteiger partial charge in [0.1, 0.15) is 0 Å². The predicted octanol–water partition coefficient (Wildman–Crippen LogP) is 4.73. The van der Waals surface area contributed by atoms with Crippen LogP contribution in [-0.2, 0) is 5.41 Å². The van der Waals surface area contributed by atoms with Crippen LogP contribution in [-0.4, -0.2) is 4.98 Å². The first-order valence-electron chi connectivity index (χ1n) is 7.30. The molecule has 1 aromatic heterocycles. The van der Waals surface area contributed by atoms with Gasteiger partial charge in [0.15, 0.2) is 0 Å². The number of rotatable bonds is 0. The molecular weight excluding hydrogens is 218 g/mol. The number of aromatic nitrogens is 1. The van der Waals surface area contributed by atoms with Crippen molar-refractivity contribution in [1.29, 1.82) is 0 Å².